The van der Waals surface area contributed by atoms with Gasteiger partial charge in [-0.1, -0.05) is 19.1 Å². The van der Waals surface area contributed by atoms with E-state index in [1.807, 2.05) is 30.9 Å². The summed E-state index contributed by atoms with van der Waals surface area (Å²) in [5, 5.41) is 3.45. The number of ether oxygens (including phenoxy) is 1. The molecule has 4 nitrogen and oxygen atoms in total. The van der Waals surface area contributed by atoms with Crippen molar-refractivity contribution in [3.8, 4) is 5.75 Å². The van der Waals surface area contributed by atoms with Crippen molar-refractivity contribution in [2.75, 3.05) is 13.2 Å². The van der Waals surface area contributed by atoms with Gasteiger partial charge in [0.1, 0.15) is 5.75 Å². The lowest BCUT2D eigenvalue weighted by Gasteiger charge is -2.07. The van der Waals surface area contributed by atoms with Crippen LogP contribution in [0.2, 0.25) is 0 Å². The summed E-state index contributed by atoms with van der Waals surface area (Å²) in [6.45, 7) is 5.81. The molecule has 0 atom stereocenters. The highest BCUT2D eigenvalue weighted by molar-refractivity contribution is 5.27. The predicted octanol–water partition coefficient (Wildman–Crippen LogP) is 2.85. The van der Waals surface area contributed by atoms with Crippen molar-refractivity contribution in [2.45, 2.75) is 32.9 Å². The van der Waals surface area contributed by atoms with E-state index < -0.39 is 0 Å². The summed E-state index contributed by atoms with van der Waals surface area (Å²) in [4.78, 5) is 4.03. The van der Waals surface area contributed by atoms with E-state index in [1.165, 1.54) is 5.56 Å². The molecular formula is C16H23N3O. The fraction of sp³-hybridized carbons (Fsp3) is 0.438. The molecule has 4 heteroatoms. The van der Waals surface area contributed by atoms with Crippen LogP contribution in [-0.4, -0.2) is 22.7 Å². The van der Waals surface area contributed by atoms with Gasteiger partial charge in [0.15, 0.2) is 0 Å². The van der Waals surface area contributed by atoms with Crippen molar-refractivity contribution in [2.24, 2.45) is 0 Å². The number of aryl methyl sites for hydroxylation is 1. The van der Waals surface area contributed by atoms with Gasteiger partial charge in [-0.3, -0.25) is 0 Å². The second kappa shape index (κ2) is 8.38. The van der Waals surface area contributed by atoms with Gasteiger partial charge >= 0.3 is 0 Å². The third kappa shape index (κ3) is 5.05. The summed E-state index contributed by atoms with van der Waals surface area (Å²) in [5.74, 6) is 0.954. The zero-order valence-electron chi connectivity index (χ0n) is 12.1. The van der Waals surface area contributed by atoms with Gasteiger partial charge in [-0.05, 0) is 37.1 Å². The molecule has 108 valence electrons. The summed E-state index contributed by atoms with van der Waals surface area (Å²) >= 11 is 0. The van der Waals surface area contributed by atoms with E-state index >= 15 is 0 Å². The first kappa shape index (κ1) is 14.6. The largest absolute Gasteiger partial charge is 0.494 e. The summed E-state index contributed by atoms with van der Waals surface area (Å²) in [6.07, 6.45) is 7.81. The summed E-state index contributed by atoms with van der Waals surface area (Å²) < 4.78 is 7.66. The predicted molar refractivity (Wildman–Crippen MR) is 80.8 cm³/mol. The third-order valence-electron chi connectivity index (χ3n) is 3.05. The fourth-order valence-electron chi connectivity index (χ4n) is 1.96. The molecule has 0 fully saturated rings. The summed E-state index contributed by atoms with van der Waals surface area (Å²) in [7, 11) is 0. The maximum absolute atomic E-state index is 5.57. The number of hydrogen-bond acceptors (Lipinski definition) is 3. The molecule has 0 saturated heterocycles. The maximum Gasteiger partial charge on any atom is 0.119 e. The first-order valence-electron chi connectivity index (χ1n) is 7.26. The van der Waals surface area contributed by atoms with Gasteiger partial charge in [0, 0.05) is 25.5 Å². The monoisotopic (exact) mass is 273 g/mol. The molecular weight excluding hydrogens is 250 g/mol. The maximum atomic E-state index is 5.57. The number of nitrogens with zero attached hydrogens (tertiary/aromatic N) is 2. The number of benzene rings is 1. The van der Waals surface area contributed by atoms with Gasteiger partial charge in [0.2, 0.25) is 0 Å². The minimum Gasteiger partial charge on any atom is -0.494 e. The van der Waals surface area contributed by atoms with Crippen LogP contribution in [0.25, 0.3) is 0 Å². The van der Waals surface area contributed by atoms with Gasteiger partial charge in [-0.15, -0.1) is 0 Å². The van der Waals surface area contributed by atoms with E-state index in [0.29, 0.717) is 0 Å². The molecule has 0 aliphatic rings. The molecule has 2 aromatic rings. The number of aromatic nitrogens is 2. The third-order valence-corrected chi connectivity index (χ3v) is 3.05. The number of hydrogen-bond donors (Lipinski definition) is 1. The summed E-state index contributed by atoms with van der Waals surface area (Å²) in [6, 6.07) is 8.32. The molecule has 0 aliphatic heterocycles. The van der Waals surface area contributed by atoms with Crippen molar-refractivity contribution < 1.29 is 4.74 Å². The normalized spacial score (nSPS) is 10.7. The highest BCUT2D eigenvalue weighted by Crippen LogP contribution is 2.12. The first-order chi connectivity index (χ1) is 9.88. The smallest absolute Gasteiger partial charge is 0.119 e. The Labute approximate surface area is 120 Å². The average Bonchev–Trinajstić information content (AvgIpc) is 2.99. The van der Waals surface area contributed by atoms with Crippen molar-refractivity contribution in [3.05, 3.63) is 48.5 Å². The van der Waals surface area contributed by atoms with Crippen LogP contribution in [0, 0.1) is 0 Å². The Bertz CT molecular complexity index is 465. The molecule has 0 aliphatic carbocycles. The Balaban J connectivity index is 1.61. The fourth-order valence-corrected chi connectivity index (χ4v) is 1.96. The highest BCUT2D eigenvalue weighted by Gasteiger charge is 1.96. The van der Waals surface area contributed by atoms with E-state index in [-0.39, 0.29) is 0 Å². The topological polar surface area (TPSA) is 39.1 Å². The number of rotatable bonds is 9. The van der Waals surface area contributed by atoms with Gasteiger partial charge < -0.3 is 14.6 Å². The van der Waals surface area contributed by atoms with E-state index in [4.69, 9.17) is 4.74 Å². The second-order valence-electron chi connectivity index (χ2n) is 4.82. The Morgan fingerprint density at radius 1 is 1.25 bits per heavy atom. The standard InChI is InChI=1S/C16H23N3O/c1-2-12-20-16-6-4-15(5-7-16)13-17-8-3-10-19-11-9-18-14-19/h4-7,9,11,14,17H,2-3,8,10,12-13H2,1H3. The zero-order valence-corrected chi connectivity index (χ0v) is 12.1. The van der Waals surface area contributed by atoms with Crippen molar-refractivity contribution in [1.82, 2.24) is 14.9 Å². The zero-order chi connectivity index (χ0) is 14.0. The molecule has 1 heterocycles. The lowest BCUT2D eigenvalue weighted by Crippen LogP contribution is -2.16. The highest BCUT2D eigenvalue weighted by atomic mass is 16.5. The van der Waals surface area contributed by atoms with Crippen LogP contribution >= 0.6 is 0 Å². The van der Waals surface area contributed by atoms with Crippen LogP contribution in [0.5, 0.6) is 5.75 Å². The average molecular weight is 273 g/mol. The number of nitrogens with one attached hydrogen (secondary N) is 1. The van der Waals surface area contributed by atoms with Crippen LogP contribution in [0.3, 0.4) is 0 Å². The van der Waals surface area contributed by atoms with Gasteiger partial charge in [0.05, 0.1) is 12.9 Å². The molecule has 0 unspecified atom stereocenters. The van der Waals surface area contributed by atoms with Crippen LogP contribution in [0.4, 0.5) is 0 Å². The minimum absolute atomic E-state index is 0.784. The molecule has 0 saturated carbocycles. The van der Waals surface area contributed by atoms with E-state index in [9.17, 15) is 0 Å². The van der Waals surface area contributed by atoms with Crippen molar-refractivity contribution >= 4 is 0 Å². The first-order valence-corrected chi connectivity index (χ1v) is 7.26. The lowest BCUT2D eigenvalue weighted by atomic mass is 10.2. The molecule has 0 radical (unpaired) electrons. The Morgan fingerprint density at radius 2 is 2.10 bits per heavy atom. The lowest BCUT2D eigenvalue weighted by molar-refractivity contribution is 0.317. The molecule has 1 N–H and O–H groups in total. The van der Waals surface area contributed by atoms with Crippen molar-refractivity contribution in [1.29, 1.82) is 0 Å². The quantitative estimate of drug-likeness (QED) is 0.714. The molecule has 2 rings (SSSR count). The van der Waals surface area contributed by atoms with Crippen molar-refractivity contribution in [3.63, 3.8) is 0 Å². The minimum atomic E-state index is 0.784. The van der Waals surface area contributed by atoms with E-state index in [1.54, 1.807) is 0 Å². The van der Waals surface area contributed by atoms with E-state index in [0.717, 1.165) is 44.8 Å². The van der Waals surface area contributed by atoms with Crippen LogP contribution in [0.1, 0.15) is 25.3 Å². The second-order valence-corrected chi connectivity index (χ2v) is 4.82. The Kier molecular flexibility index (Phi) is 6.11. The van der Waals surface area contributed by atoms with Crippen LogP contribution in [0.15, 0.2) is 43.0 Å². The molecule has 1 aromatic carbocycles. The van der Waals surface area contributed by atoms with Gasteiger partial charge in [-0.2, -0.15) is 0 Å². The van der Waals surface area contributed by atoms with E-state index in [2.05, 4.69) is 33.9 Å². The SMILES string of the molecule is CCCOc1ccc(CNCCCn2ccnc2)cc1. The van der Waals surface area contributed by atoms with Crippen LogP contribution in [-0.2, 0) is 13.1 Å². The molecule has 20 heavy (non-hydrogen) atoms. The Hall–Kier alpha value is -1.81. The van der Waals surface area contributed by atoms with Crippen LogP contribution < -0.4 is 10.1 Å². The number of imidazole rings is 1. The molecule has 1 aromatic heterocycles. The van der Waals surface area contributed by atoms with Gasteiger partial charge in [-0.25, -0.2) is 4.98 Å². The Morgan fingerprint density at radius 3 is 2.80 bits per heavy atom. The van der Waals surface area contributed by atoms with Gasteiger partial charge in [0.25, 0.3) is 0 Å². The summed E-state index contributed by atoms with van der Waals surface area (Å²) in [5.41, 5.74) is 1.29. The molecule has 0 bridgehead atoms. The molecule has 0 amide bonds. The molecule has 0 spiro atoms.